The molecule has 56 valence electrons. The molecule has 0 spiro atoms. The van der Waals surface area contributed by atoms with Crippen LogP contribution in [-0.2, 0) is 0 Å². The minimum absolute atomic E-state index is 0.427. The van der Waals surface area contributed by atoms with E-state index in [4.69, 9.17) is 10.1 Å². The Hall–Kier alpha value is -1.08. The fourth-order valence-corrected chi connectivity index (χ4v) is 1.07. The predicted molar refractivity (Wildman–Crippen MR) is 45.4 cm³/mol. The summed E-state index contributed by atoms with van der Waals surface area (Å²) in [5.74, 6) is 0.543. The number of ether oxygens (including phenoxy) is 1. The van der Waals surface area contributed by atoms with Crippen LogP contribution < -0.4 is 4.74 Å². The van der Waals surface area contributed by atoms with Gasteiger partial charge in [-0.15, -0.1) is 0 Å². The predicted octanol–water partition coefficient (Wildman–Crippen LogP) is 2.94. The number of benzene rings is 1. The first kappa shape index (κ1) is 8.02. The summed E-state index contributed by atoms with van der Waals surface area (Å²) in [4.78, 5) is 3.04. The lowest BCUT2D eigenvalue weighted by molar-refractivity contribution is 0.417. The van der Waals surface area contributed by atoms with Gasteiger partial charge in [0.05, 0.1) is 7.11 Å². The summed E-state index contributed by atoms with van der Waals surface area (Å²) >= 11 is 3.26. The molecule has 0 saturated carbocycles. The van der Waals surface area contributed by atoms with Crippen LogP contribution >= 0.6 is 15.9 Å². The third kappa shape index (κ3) is 1.69. The van der Waals surface area contributed by atoms with Crippen molar-refractivity contribution >= 4 is 21.6 Å². The minimum atomic E-state index is 0.427. The van der Waals surface area contributed by atoms with E-state index < -0.39 is 0 Å². The molecule has 1 aromatic rings. The Bertz CT molecular complexity index is 306. The second kappa shape index (κ2) is 3.35. The average Bonchev–Trinajstić information content (AvgIpc) is 2.04. The monoisotopic (exact) mass is 213 g/mol. The molecule has 1 rings (SSSR count). The topological polar surface area (TPSA) is 37.4 Å². The first-order valence-electron chi connectivity index (χ1n) is 2.96. The van der Waals surface area contributed by atoms with Crippen LogP contribution in [0.2, 0.25) is 0 Å². The van der Waals surface area contributed by atoms with Crippen LogP contribution in [0.4, 0.5) is 5.69 Å². The number of hydrogen-bond donors (Lipinski definition) is 0. The first-order valence-corrected chi connectivity index (χ1v) is 3.76. The van der Waals surface area contributed by atoms with Gasteiger partial charge < -0.3 is 4.74 Å². The van der Waals surface area contributed by atoms with Crippen molar-refractivity contribution in [3.05, 3.63) is 27.6 Å². The Kier molecular flexibility index (Phi) is 2.44. The lowest BCUT2D eigenvalue weighted by Gasteiger charge is -1.94. The molecule has 1 aromatic carbocycles. The molecule has 0 aliphatic heterocycles. The normalized spacial score (nSPS) is 8.82. The van der Waals surface area contributed by atoms with Crippen LogP contribution in [0.1, 0.15) is 0 Å². The highest BCUT2D eigenvalue weighted by molar-refractivity contribution is 9.10. The fraction of sp³-hybridized carbons (Fsp3) is 0.143. The van der Waals surface area contributed by atoms with Gasteiger partial charge in [-0.1, -0.05) is 15.9 Å². The quantitative estimate of drug-likeness (QED) is 0.674. The molecule has 0 amide bonds. The molecule has 0 atom stereocenters. The van der Waals surface area contributed by atoms with E-state index in [0.29, 0.717) is 11.4 Å². The van der Waals surface area contributed by atoms with E-state index in [1.165, 1.54) is 7.11 Å². The van der Waals surface area contributed by atoms with E-state index in [9.17, 15) is 0 Å². The number of diazo groups is 1. The SMILES string of the molecule is COc1cc(Br)ccc1[N+]#N. The van der Waals surface area contributed by atoms with E-state index in [2.05, 4.69) is 20.9 Å². The van der Waals surface area contributed by atoms with Crippen LogP contribution in [0.3, 0.4) is 0 Å². The van der Waals surface area contributed by atoms with Gasteiger partial charge in [0.2, 0.25) is 11.1 Å². The summed E-state index contributed by atoms with van der Waals surface area (Å²) in [6, 6.07) is 5.16. The van der Waals surface area contributed by atoms with Gasteiger partial charge >= 0.3 is 5.69 Å². The maximum Gasteiger partial charge on any atom is 0.426 e. The lowest BCUT2D eigenvalue weighted by atomic mass is 10.3. The van der Waals surface area contributed by atoms with Crippen LogP contribution in [0, 0.1) is 5.39 Å². The van der Waals surface area contributed by atoms with Gasteiger partial charge in [-0.3, -0.25) is 0 Å². The summed E-state index contributed by atoms with van der Waals surface area (Å²) in [5.41, 5.74) is 0.427. The van der Waals surface area contributed by atoms with E-state index >= 15 is 0 Å². The Morgan fingerprint density at radius 3 is 2.82 bits per heavy atom. The van der Waals surface area contributed by atoms with Gasteiger partial charge in [0.25, 0.3) is 0 Å². The zero-order valence-corrected chi connectivity index (χ0v) is 7.50. The summed E-state index contributed by atoms with van der Waals surface area (Å²) < 4.78 is 5.82. The third-order valence-corrected chi connectivity index (χ3v) is 1.74. The minimum Gasteiger partial charge on any atom is -0.489 e. The molecule has 0 saturated heterocycles. The van der Waals surface area contributed by atoms with E-state index in [1.807, 2.05) is 0 Å². The number of nitrogens with zero attached hydrogens (tertiary/aromatic N) is 2. The van der Waals surface area contributed by atoms with Crippen molar-refractivity contribution in [3.63, 3.8) is 0 Å². The molecule has 0 aliphatic rings. The fourth-order valence-electron chi connectivity index (χ4n) is 0.734. The molecule has 0 fully saturated rings. The Morgan fingerprint density at radius 1 is 1.55 bits per heavy atom. The molecular weight excluding hydrogens is 208 g/mol. The van der Waals surface area contributed by atoms with Crippen molar-refractivity contribution in [1.29, 1.82) is 5.39 Å². The molecule has 0 aliphatic carbocycles. The average molecular weight is 214 g/mol. The molecule has 11 heavy (non-hydrogen) atoms. The highest BCUT2D eigenvalue weighted by Gasteiger charge is 2.13. The second-order valence-electron chi connectivity index (χ2n) is 1.92. The molecule has 0 aromatic heterocycles. The maximum atomic E-state index is 8.47. The number of methoxy groups -OCH3 is 1. The van der Waals surface area contributed by atoms with Crippen molar-refractivity contribution in [1.82, 2.24) is 0 Å². The molecule has 0 heterocycles. The number of halogens is 1. The standard InChI is InChI=1S/C7H6BrN2O/c1-11-7-4-5(8)2-3-6(7)10-9/h2-4H,1H3/q+1. The lowest BCUT2D eigenvalue weighted by Crippen LogP contribution is -1.81. The van der Waals surface area contributed by atoms with E-state index in [0.717, 1.165) is 4.47 Å². The van der Waals surface area contributed by atoms with Gasteiger partial charge in [0.1, 0.15) is 0 Å². The van der Waals surface area contributed by atoms with Gasteiger partial charge in [-0.05, 0) is 6.07 Å². The van der Waals surface area contributed by atoms with Gasteiger partial charge in [-0.2, -0.15) is 0 Å². The highest BCUT2D eigenvalue weighted by atomic mass is 79.9. The highest BCUT2D eigenvalue weighted by Crippen LogP contribution is 2.29. The Morgan fingerprint density at radius 2 is 2.27 bits per heavy atom. The maximum absolute atomic E-state index is 8.47. The van der Waals surface area contributed by atoms with Crippen LogP contribution in [0.5, 0.6) is 5.75 Å². The Labute approximate surface area is 72.7 Å². The number of rotatable bonds is 1. The number of hydrogen-bond acceptors (Lipinski definition) is 2. The molecule has 0 radical (unpaired) electrons. The van der Waals surface area contributed by atoms with Crippen molar-refractivity contribution in [2.75, 3.05) is 7.11 Å². The van der Waals surface area contributed by atoms with Crippen molar-refractivity contribution < 1.29 is 4.74 Å². The molecule has 0 N–H and O–H groups in total. The second-order valence-corrected chi connectivity index (χ2v) is 2.83. The molecular formula is C7H6BrN2O+. The van der Waals surface area contributed by atoms with Crippen LogP contribution in [0.25, 0.3) is 4.98 Å². The zero-order chi connectivity index (χ0) is 8.27. The summed E-state index contributed by atoms with van der Waals surface area (Å²) in [6.45, 7) is 0. The first-order chi connectivity index (χ1) is 5.27. The van der Waals surface area contributed by atoms with Gasteiger partial charge in [0, 0.05) is 16.6 Å². The summed E-state index contributed by atoms with van der Waals surface area (Å²) in [7, 11) is 1.52. The molecule has 0 unspecified atom stereocenters. The van der Waals surface area contributed by atoms with Gasteiger partial charge in [0.15, 0.2) is 4.98 Å². The largest absolute Gasteiger partial charge is 0.489 e. The van der Waals surface area contributed by atoms with E-state index in [-0.39, 0.29) is 0 Å². The van der Waals surface area contributed by atoms with Crippen LogP contribution in [-0.4, -0.2) is 7.11 Å². The molecule has 4 heteroatoms. The smallest absolute Gasteiger partial charge is 0.426 e. The molecule has 3 nitrogen and oxygen atoms in total. The van der Waals surface area contributed by atoms with Crippen molar-refractivity contribution in [3.8, 4) is 5.75 Å². The summed E-state index contributed by atoms with van der Waals surface area (Å²) in [5, 5.41) is 8.47. The van der Waals surface area contributed by atoms with Crippen molar-refractivity contribution in [2.45, 2.75) is 0 Å². The zero-order valence-electron chi connectivity index (χ0n) is 5.91. The van der Waals surface area contributed by atoms with E-state index in [1.54, 1.807) is 18.2 Å². The molecule has 0 bridgehead atoms. The third-order valence-electron chi connectivity index (χ3n) is 1.25. The van der Waals surface area contributed by atoms with Gasteiger partial charge in [-0.25, -0.2) is 0 Å². The van der Waals surface area contributed by atoms with Crippen LogP contribution in [0.15, 0.2) is 22.7 Å². The summed E-state index contributed by atoms with van der Waals surface area (Å²) in [6.07, 6.45) is 0. The van der Waals surface area contributed by atoms with Crippen molar-refractivity contribution in [2.24, 2.45) is 0 Å². The Balaban J connectivity index is 3.19.